The first-order chi connectivity index (χ1) is 10.8. The SMILES string of the molecule is CC1CN(C(c2cc(F)c(Cl)cc2F)C2CC(F)(F)C2)CCN1. The van der Waals surface area contributed by atoms with Crippen LogP contribution in [0.4, 0.5) is 17.6 Å². The molecule has 23 heavy (non-hydrogen) atoms. The summed E-state index contributed by atoms with van der Waals surface area (Å²) in [6, 6.07) is 1.62. The highest BCUT2D eigenvalue weighted by Crippen LogP contribution is 2.51. The van der Waals surface area contributed by atoms with Crippen LogP contribution in [0.5, 0.6) is 0 Å². The molecule has 1 aromatic carbocycles. The second kappa shape index (κ2) is 6.22. The minimum Gasteiger partial charge on any atom is -0.312 e. The van der Waals surface area contributed by atoms with Gasteiger partial charge in [0.25, 0.3) is 0 Å². The zero-order chi connectivity index (χ0) is 16.8. The molecule has 7 heteroatoms. The molecule has 0 amide bonds. The maximum Gasteiger partial charge on any atom is 0.248 e. The third-order valence-electron chi connectivity index (χ3n) is 4.72. The van der Waals surface area contributed by atoms with Gasteiger partial charge in [0, 0.05) is 50.1 Å². The quantitative estimate of drug-likeness (QED) is 0.655. The molecule has 2 nitrogen and oxygen atoms in total. The highest BCUT2D eigenvalue weighted by Gasteiger charge is 2.51. The molecule has 1 aliphatic heterocycles. The van der Waals surface area contributed by atoms with Crippen molar-refractivity contribution < 1.29 is 17.6 Å². The van der Waals surface area contributed by atoms with Crippen molar-refractivity contribution in [3.05, 3.63) is 34.4 Å². The first-order valence-electron chi connectivity index (χ1n) is 7.76. The van der Waals surface area contributed by atoms with Crippen molar-refractivity contribution in [3.8, 4) is 0 Å². The molecule has 1 aromatic rings. The summed E-state index contributed by atoms with van der Waals surface area (Å²) in [7, 11) is 0. The third-order valence-corrected chi connectivity index (χ3v) is 5.01. The van der Waals surface area contributed by atoms with Crippen molar-refractivity contribution in [2.45, 2.75) is 37.8 Å². The predicted molar refractivity (Wildman–Crippen MR) is 80.8 cm³/mol. The van der Waals surface area contributed by atoms with Crippen LogP contribution in [0, 0.1) is 17.6 Å². The van der Waals surface area contributed by atoms with Crippen molar-refractivity contribution in [1.82, 2.24) is 10.2 Å². The Morgan fingerprint density at radius 1 is 1.26 bits per heavy atom. The van der Waals surface area contributed by atoms with Crippen LogP contribution in [-0.2, 0) is 0 Å². The van der Waals surface area contributed by atoms with Gasteiger partial charge in [0.15, 0.2) is 0 Å². The molecule has 0 bridgehead atoms. The summed E-state index contributed by atoms with van der Waals surface area (Å²) < 4.78 is 54.9. The van der Waals surface area contributed by atoms with Crippen LogP contribution in [0.2, 0.25) is 5.02 Å². The number of nitrogens with one attached hydrogen (secondary N) is 1. The first kappa shape index (κ1) is 17.0. The van der Waals surface area contributed by atoms with E-state index in [0.29, 0.717) is 19.6 Å². The van der Waals surface area contributed by atoms with Gasteiger partial charge in [0.05, 0.1) is 5.02 Å². The van der Waals surface area contributed by atoms with Gasteiger partial charge >= 0.3 is 0 Å². The van der Waals surface area contributed by atoms with Crippen molar-refractivity contribution in [1.29, 1.82) is 0 Å². The Balaban J connectivity index is 1.93. The fourth-order valence-corrected chi connectivity index (χ4v) is 3.81. The smallest absolute Gasteiger partial charge is 0.248 e. The molecule has 2 unspecified atom stereocenters. The van der Waals surface area contributed by atoms with E-state index in [1.54, 1.807) is 0 Å². The van der Waals surface area contributed by atoms with Crippen LogP contribution >= 0.6 is 11.6 Å². The number of hydrogen-bond acceptors (Lipinski definition) is 2. The minimum absolute atomic E-state index is 0.126. The summed E-state index contributed by atoms with van der Waals surface area (Å²) >= 11 is 5.61. The van der Waals surface area contributed by atoms with Gasteiger partial charge in [-0.2, -0.15) is 0 Å². The Labute approximate surface area is 137 Å². The van der Waals surface area contributed by atoms with Gasteiger partial charge in [0.2, 0.25) is 5.92 Å². The molecule has 0 aromatic heterocycles. The second-order valence-electron chi connectivity index (χ2n) is 6.61. The summed E-state index contributed by atoms with van der Waals surface area (Å²) in [5.41, 5.74) is 0.126. The van der Waals surface area contributed by atoms with E-state index in [1.165, 1.54) is 0 Å². The van der Waals surface area contributed by atoms with Crippen molar-refractivity contribution in [2.24, 2.45) is 5.92 Å². The number of rotatable bonds is 3. The molecule has 1 N–H and O–H groups in total. The molecule has 1 saturated heterocycles. The Kier molecular flexibility index (Phi) is 4.60. The van der Waals surface area contributed by atoms with Crippen molar-refractivity contribution >= 4 is 11.6 Å². The van der Waals surface area contributed by atoms with E-state index in [-0.39, 0.29) is 35.4 Å². The maximum absolute atomic E-state index is 14.4. The molecule has 0 spiro atoms. The summed E-state index contributed by atoms with van der Waals surface area (Å²) in [5, 5.41) is 2.97. The predicted octanol–water partition coefficient (Wildman–Crippen LogP) is 4.00. The summed E-state index contributed by atoms with van der Waals surface area (Å²) in [6.07, 6.45) is -0.584. The standard InChI is InChI=1S/C16H19ClF4N2/c1-9-8-23(3-2-22-9)15(10-6-16(20,21)7-10)11-4-14(19)12(17)5-13(11)18/h4-5,9-10,15,22H,2-3,6-8H2,1H3. The largest absolute Gasteiger partial charge is 0.312 e. The van der Waals surface area contributed by atoms with E-state index in [9.17, 15) is 17.6 Å². The molecule has 0 radical (unpaired) electrons. The third kappa shape index (κ3) is 3.49. The average Bonchev–Trinajstić information content (AvgIpc) is 2.43. The molecular weight excluding hydrogens is 332 g/mol. The number of piperazine rings is 1. The Hall–Kier alpha value is -0.850. The number of benzene rings is 1. The average molecular weight is 351 g/mol. The van der Waals surface area contributed by atoms with Gasteiger partial charge < -0.3 is 5.32 Å². The van der Waals surface area contributed by atoms with Crippen LogP contribution in [0.25, 0.3) is 0 Å². The van der Waals surface area contributed by atoms with E-state index < -0.39 is 23.6 Å². The van der Waals surface area contributed by atoms with Crippen LogP contribution in [-0.4, -0.2) is 36.5 Å². The molecule has 1 saturated carbocycles. The van der Waals surface area contributed by atoms with Gasteiger partial charge in [-0.3, -0.25) is 4.90 Å². The molecule has 2 fully saturated rings. The molecule has 1 aliphatic carbocycles. The summed E-state index contributed by atoms with van der Waals surface area (Å²) in [4.78, 5) is 1.98. The van der Waals surface area contributed by atoms with E-state index in [0.717, 1.165) is 12.1 Å². The molecule has 2 atom stereocenters. The van der Waals surface area contributed by atoms with Crippen LogP contribution < -0.4 is 5.32 Å². The lowest BCUT2D eigenvalue weighted by molar-refractivity contribution is -0.134. The lowest BCUT2D eigenvalue weighted by Crippen LogP contribution is -2.54. The second-order valence-corrected chi connectivity index (χ2v) is 7.01. The van der Waals surface area contributed by atoms with E-state index in [2.05, 4.69) is 5.32 Å². The highest BCUT2D eigenvalue weighted by atomic mass is 35.5. The molecular formula is C16H19ClF4N2. The highest BCUT2D eigenvalue weighted by molar-refractivity contribution is 6.30. The summed E-state index contributed by atoms with van der Waals surface area (Å²) in [6.45, 7) is 3.90. The van der Waals surface area contributed by atoms with Gasteiger partial charge in [-0.1, -0.05) is 11.6 Å². The van der Waals surface area contributed by atoms with Crippen molar-refractivity contribution in [2.75, 3.05) is 19.6 Å². The fourth-order valence-electron chi connectivity index (χ4n) is 3.66. The first-order valence-corrected chi connectivity index (χ1v) is 8.14. The van der Waals surface area contributed by atoms with E-state index in [1.807, 2.05) is 11.8 Å². The Morgan fingerprint density at radius 2 is 1.96 bits per heavy atom. The van der Waals surface area contributed by atoms with Gasteiger partial charge in [0.1, 0.15) is 11.6 Å². The lowest BCUT2D eigenvalue weighted by atomic mass is 9.73. The zero-order valence-electron chi connectivity index (χ0n) is 12.8. The Bertz CT molecular complexity index is 588. The maximum atomic E-state index is 14.4. The fraction of sp³-hybridized carbons (Fsp3) is 0.625. The molecule has 2 aliphatic rings. The van der Waals surface area contributed by atoms with Crippen molar-refractivity contribution in [3.63, 3.8) is 0 Å². The van der Waals surface area contributed by atoms with E-state index in [4.69, 9.17) is 11.6 Å². The van der Waals surface area contributed by atoms with Crippen LogP contribution in [0.3, 0.4) is 0 Å². The zero-order valence-corrected chi connectivity index (χ0v) is 13.5. The molecule has 3 rings (SSSR count). The Morgan fingerprint density at radius 3 is 2.57 bits per heavy atom. The number of alkyl halides is 2. The summed E-state index contributed by atoms with van der Waals surface area (Å²) in [5.74, 6) is -4.44. The topological polar surface area (TPSA) is 15.3 Å². The van der Waals surface area contributed by atoms with Crippen LogP contribution in [0.15, 0.2) is 12.1 Å². The molecule has 1 heterocycles. The molecule has 128 valence electrons. The number of hydrogen-bond donors (Lipinski definition) is 1. The van der Waals surface area contributed by atoms with Crippen LogP contribution in [0.1, 0.15) is 31.4 Å². The van der Waals surface area contributed by atoms with Gasteiger partial charge in [-0.05, 0) is 25.0 Å². The lowest BCUT2D eigenvalue weighted by Gasteiger charge is -2.47. The van der Waals surface area contributed by atoms with Gasteiger partial charge in [-0.15, -0.1) is 0 Å². The van der Waals surface area contributed by atoms with E-state index >= 15 is 0 Å². The monoisotopic (exact) mass is 350 g/mol. The number of nitrogens with zero attached hydrogens (tertiary/aromatic N) is 1. The van der Waals surface area contributed by atoms with Gasteiger partial charge in [-0.25, -0.2) is 17.6 Å². The normalized spacial score (nSPS) is 26.8. The number of halogens is 5. The minimum atomic E-state index is -2.70.